The molecule has 10 heavy (non-hydrogen) atoms. The summed E-state index contributed by atoms with van der Waals surface area (Å²) in [5, 5.41) is 0. The van der Waals surface area contributed by atoms with Gasteiger partial charge in [0.25, 0.3) is 0 Å². The highest BCUT2D eigenvalue weighted by Crippen LogP contribution is 2.00. The molecule has 0 saturated carbocycles. The quantitative estimate of drug-likeness (QED) is 0.477. The maximum Gasteiger partial charge on any atom is 0.111 e. The lowest BCUT2D eigenvalue weighted by molar-refractivity contribution is 0.774. The van der Waals surface area contributed by atoms with Crippen molar-refractivity contribution in [3.8, 4) is 12.1 Å². The van der Waals surface area contributed by atoms with E-state index in [9.17, 15) is 4.39 Å². The zero-order valence-corrected chi connectivity index (χ0v) is 5.69. The van der Waals surface area contributed by atoms with E-state index in [0.717, 1.165) is 5.56 Å². The molecule has 0 bridgehead atoms. The first-order valence-electron chi connectivity index (χ1n) is 3.01. The molecule has 0 N–H and O–H groups in total. The number of aryl methyl sites for hydroxylation is 1. The van der Waals surface area contributed by atoms with Crippen LogP contribution in [0.2, 0.25) is 0 Å². The van der Waals surface area contributed by atoms with Crippen molar-refractivity contribution < 1.29 is 4.39 Å². The highest BCUT2D eigenvalue weighted by Gasteiger charge is 1.84. The van der Waals surface area contributed by atoms with Crippen LogP contribution in [0.4, 0.5) is 4.39 Å². The Bertz CT molecular complexity index is 261. The van der Waals surface area contributed by atoms with Gasteiger partial charge in [-0.2, -0.15) is 0 Å². The average Bonchev–Trinajstić information content (AvgIpc) is 1.95. The van der Waals surface area contributed by atoms with Gasteiger partial charge in [-0.1, -0.05) is 17.7 Å². The maximum absolute atomic E-state index is 11.4. The van der Waals surface area contributed by atoms with Gasteiger partial charge in [0.05, 0.1) is 0 Å². The van der Waals surface area contributed by atoms with Gasteiger partial charge in [0.15, 0.2) is 0 Å². The van der Waals surface area contributed by atoms with E-state index in [0.29, 0.717) is 5.56 Å². The Morgan fingerprint density at radius 1 is 1.20 bits per heavy atom. The smallest absolute Gasteiger partial charge is 0.111 e. The van der Waals surface area contributed by atoms with Crippen LogP contribution in [0.5, 0.6) is 0 Å². The molecule has 50 valence electrons. The second-order valence-corrected chi connectivity index (χ2v) is 2.09. The van der Waals surface area contributed by atoms with Crippen LogP contribution < -0.4 is 0 Å². The molecule has 0 amide bonds. The Morgan fingerprint density at radius 3 is 2.30 bits per heavy atom. The zero-order chi connectivity index (χ0) is 7.40. The van der Waals surface area contributed by atoms with Crippen molar-refractivity contribution in [3.63, 3.8) is 0 Å². The highest BCUT2D eigenvalue weighted by atomic mass is 19.1. The largest absolute Gasteiger partial charge is 0.144 e. The number of rotatable bonds is 0. The van der Waals surface area contributed by atoms with Gasteiger partial charge in [-0.3, -0.25) is 0 Å². The van der Waals surface area contributed by atoms with E-state index < -0.39 is 0 Å². The average molecular weight is 134 g/mol. The summed E-state index contributed by atoms with van der Waals surface area (Å²) in [5.41, 5.74) is 1.87. The third-order valence-corrected chi connectivity index (χ3v) is 1.24. The summed E-state index contributed by atoms with van der Waals surface area (Å²) >= 11 is 0. The predicted octanol–water partition coefficient (Wildman–Crippen LogP) is 2.27. The topological polar surface area (TPSA) is 0 Å². The summed E-state index contributed by atoms with van der Waals surface area (Å²) in [4.78, 5) is 0. The molecule has 1 aromatic carbocycles. The molecule has 0 atom stereocenters. The lowest BCUT2D eigenvalue weighted by Crippen LogP contribution is -1.73. The van der Waals surface area contributed by atoms with Crippen molar-refractivity contribution in [2.45, 2.75) is 6.92 Å². The van der Waals surface area contributed by atoms with E-state index in [2.05, 4.69) is 5.92 Å². The standard InChI is InChI=1S/C9H7F/c1-8-2-4-9(5-3-8)6-7-10/h2-5H,1H3. The molecule has 0 aromatic heterocycles. The van der Waals surface area contributed by atoms with Crippen molar-refractivity contribution in [3.05, 3.63) is 35.4 Å². The summed E-state index contributed by atoms with van der Waals surface area (Å²) in [6, 6.07) is 7.39. The van der Waals surface area contributed by atoms with Crippen molar-refractivity contribution >= 4 is 0 Å². The number of hydrogen-bond acceptors (Lipinski definition) is 0. The van der Waals surface area contributed by atoms with Gasteiger partial charge in [0.1, 0.15) is 6.17 Å². The summed E-state index contributed by atoms with van der Waals surface area (Å²) in [7, 11) is 0. The first-order chi connectivity index (χ1) is 4.83. The van der Waals surface area contributed by atoms with E-state index >= 15 is 0 Å². The Hall–Kier alpha value is -1.29. The van der Waals surface area contributed by atoms with Crippen LogP contribution in [-0.2, 0) is 0 Å². The van der Waals surface area contributed by atoms with Gasteiger partial charge in [0.2, 0.25) is 0 Å². The molecule has 1 rings (SSSR count). The van der Waals surface area contributed by atoms with Gasteiger partial charge in [-0.15, -0.1) is 4.39 Å². The van der Waals surface area contributed by atoms with Crippen LogP contribution in [0.1, 0.15) is 11.1 Å². The summed E-state index contributed by atoms with van der Waals surface area (Å²) in [6.45, 7) is 1.98. The monoisotopic (exact) mass is 134 g/mol. The van der Waals surface area contributed by atoms with Crippen molar-refractivity contribution in [2.24, 2.45) is 0 Å². The highest BCUT2D eigenvalue weighted by molar-refractivity contribution is 5.34. The van der Waals surface area contributed by atoms with E-state index in [-0.39, 0.29) is 0 Å². The molecule has 0 heterocycles. The Morgan fingerprint density at radius 2 is 1.80 bits per heavy atom. The molecule has 0 aliphatic rings. The van der Waals surface area contributed by atoms with Crippen LogP contribution in [-0.4, -0.2) is 0 Å². The number of hydrogen-bond donors (Lipinski definition) is 0. The zero-order valence-electron chi connectivity index (χ0n) is 5.69. The molecule has 0 aliphatic heterocycles. The first kappa shape index (κ1) is 6.82. The molecular weight excluding hydrogens is 127 g/mol. The normalized spacial score (nSPS) is 8.20. The minimum atomic E-state index is 0.716. The van der Waals surface area contributed by atoms with Crippen molar-refractivity contribution in [1.29, 1.82) is 0 Å². The molecule has 0 nitrogen and oxygen atoms in total. The summed E-state index contributed by atoms with van der Waals surface area (Å²) in [6.07, 6.45) is 1.35. The minimum Gasteiger partial charge on any atom is -0.144 e. The number of benzene rings is 1. The Labute approximate surface area is 59.7 Å². The summed E-state index contributed by atoms with van der Waals surface area (Å²) < 4.78 is 11.4. The van der Waals surface area contributed by atoms with Crippen LogP contribution >= 0.6 is 0 Å². The first-order valence-corrected chi connectivity index (χ1v) is 3.01. The van der Waals surface area contributed by atoms with Crippen LogP contribution in [0.15, 0.2) is 24.3 Å². The molecule has 0 aliphatic carbocycles. The predicted molar refractivity (Wildman–Crippen MR) is 39.2 cm³/mol. The second-order valence-electron chi connectivity index (χ2n) is 2.09. The van der Waals surface area contributed by atoms with E-state index in [1.807, 2.05) is 19.1 Å². The van der Waals surface area contributed by atoms with Gasteiger partial charge < -0.3 is 0 Å². The fraction of sp³-hybridized carbons (Fsp3) is 0.111. The SMILES string of the molecule is Cc1ccc(C#CF)cc1. The third kappa shape index (κ3) is 1.60. The molecule has 1 heteroatoms. The molecule has 0 saturated heterocycles. The van der Waals surface area contributed by atoms with Crippen LogP contribution in [0, 0.1) is 19.0 Å². The third-order valence-electron chi connectivity index (χ3n) is 1.24. The second kappa shape index (κ2) is 3.03. The fourth-order valence-electron chi connectivity index (χ4n) is 0.691. The molecule has 0 unspecified atom stereocenters. The van der Waals surface area contributed by atoms with E-state index in [4.69, 9.17) is 0 Å². The van der Waals surface area contributed by atoms with Gasteiger partial charge in [-0.25, -0.2) is 0 Å². The molecule has 0 fully saturated rings. The molecule has 0 radical (unpaired) electrons. The molecular formula is C9H7F. The summed E-state index contributed by atoms with van der Waals surface area (Å²) in [5.74, 6) is 2.32. The Kier molecular flexibility index (Phi) is 2.07. The molecule has 1 aromatic rings. The van der Waals surface area contributed by atoms with Crippen LogP contribution in [0.25, 0.3) is 0 Å². The van der Waals surface area contributed by atoms with Crippen molar-refractivity contribution in [2.75, 3.05) is 0 Å². The van der Waals surface area contributed by atoms with E-state index in [1.165, 1.54) is 6.17 Å². The van der Waals surface area contributed by atoms with Gasteiger partial charge in [0, 0.05) is 5.56 Å². The lowest BCUT2D eigenvalue weighted by atomic mass is 10.2. The number of halogens is 1. The van der Waals surface area contributed by atoms with Crippen LogP contribution in [0.3, 0.4) is 0 Å². The van der Waals surface area contributed by atoms with E-state index in [1.54, 1.807) is 12.1 Å². The fourth-order valence-corrected chi connectivity index (χ4v) is 0.691. The molecule has 0 spiro atoms. The van der Waals surface area contributed by atoms with Crippen molar-refractivity contribution in [1.82, 2.24) is 0 Å². The minimum absolute atomic E-state index is 0.716. The Balaban J connectivity index is 2.97. The maximum atomic E-state index is 11.4. The lowest BCUT2D eigenvalue weighted by Gasteiger charge is -1.89. The van der Waals surface area contributed by atoms with Gasteiger partial charge >= 0.3 is 0 Å². The van der Waals surface area contributed by atoms with Gasteiger partial charge in [-0.05, 0) is 25.0 Å².